The zero-order chi connectivity index (χ0) is 11.9. The minimum absolute atomic E-state index is 0.143. The number of aliphatic hydroxyl groups is 1. The summed E-state index contributed by atoms with van der Waals surface area (Å²) in [6, 6.07) is 0.150. The summed E-state index contributed by atoms with van der Waals surface area (Å²) in [5, 5.41) is 12.4. The Morgan fingerprint density at radius 2 is 1.62 bits per heavy atom. The van der Waals surface area contributed by atoms with Crippen molar-refractivity contribution in [1.29, 1.82) is 0 Å². The Labute approximate surface area is 88.9 Å². The van der Waals surface area contributed by atoms with E-state index in [9.17, 15) is 22.7 Å². The third kappa shape index (κ3) is 1.78. The van der Waals surface area contributed by atoms with E-state index in [1.807, 2.05) is 0 Å². The molecule has 1 aromatic rings. The van der Waals surface area contributed by atoms with Crippen LogP contribution in [0.25, 0.3) is 0 Å². The molecule has 0 radical (unpaired) electrons. The van der Waals surface area contributed by atoms with Crippen molar-refractivity contribution in [2.75, 3.05) is 13.1 Å². The first-order valence-corrected chi connectivity index (χ1v) is 4.68. The molecule has 1 aromatic carbocycles. The van der Waals surface area contributed by atoms with Gasteiger partial charge in [0.25, 0.3) is 0 Å². The summed E-state index contributed by atoms with van der Waals surface area (Å²) in [6.07, 6.45) is -0.452. The van der Waals surface area contributed by atoms with E-state index in [2.05, 4.69) is 5.32 Å². The lowest BCUT2D eigenvalue weighted by molar-refractivity contribution is -0.0106. The van der Waals surface area contributed by atoms with Crippen LogP contribution >= 0.6 is 0 Å². The van der Waals surface area contributed by atoms with Crippen molar-refractivity contribution in [3.8, 4) is 0 Å². The molecular formula is C10H9F4NO. The highest BCUT2D eigenvalue weighted by Crippen LogP contribution is 2.25. The van der Waals surface area contributed by atoms with Gasteiger partial charge in [0.1, 0.15) is 0 Å². The van der Waals surface area contributed by atoms with E-state index < -0.39 is 40.9 Å². The first kappa shape index (κ1) is 11.3. The Morgan fingerprint density at radius 3 is 2.00 bits per heavy atom. The summed E-state index contributed by atoms with van der Waals surface area (Å²) in [7, 11) is 0. The quantitative estimate of drug-likeness (QED) is 0.594. The molecular weight excluding hydrogens is 226 g/mol. The van der Waals surface area contributed by atoms with Crippen LogP contribution in [0.4, 0.5) is 17.6 Å². The Balaban J connectivity index is 2.39. The van der Waals surface area contributed by atoms with Gasteiger partial charge >= 0.3 is 0 Å². The predicted octanol–water partition coefficient (Wildman–Crippen LogP) is 1.12. The average Bonchev–Trinajstić information content (AvgIpc) is 2.19. The molecule has 0 amide bonds. The van der Waals surface area contributed by atoms with Gasteiger partial charge in [-0.1, -0.05) is 0 Å². The second-order valence-corrected chi connectivity index (χ2v) is 3.95. The van der Waals surface area contributed by atoms with Crippen molar-refractivity contribution >= 4 is 0 Å². The lowest BCUT2D eigenvalue weighted by Crippen LogP contribution is -2.60. The Kier molecular flexibility index (Phi) is 2.63. The van der Waals surface area contributed by atoms with Crippen LogP contribution in [0.2, 0.25) is 0 Å². The second-order valence-electron chi connectivity index (χ2n) is 3.95. The van der Waals surface area contributed by atoms with Gasteiger partial charge in [-0.15, -0.1) is 0 Å². The number of halogens is 4. The highest BCUT2D eigenvalue weighted by atomic mass is 19.2. The van der Waals surface area contributed by atoms with E-state index in [1.54, 1.807) is 0 Å². The summed E-state index contributed by atoms with van der Waals surface area (Å²) < 4.78 is 52.1. The zero-order valence-corrected chi connectivity index (χ0v) is 8.16. The van der Waals surface area contributed by atoms with Crippen LogP contribution in [0, 0.1) is 23.3 Å². The summed E-state index contributed by atoms with van der Waals surface area (Å²) in [5.41, 5.74) is -2.08. The minimum Gasteiger partial charge on any atom is -0.387 e. The number of benzene rings is 1. The average molecular weight is 235 g/mol. The Hall–Kier alpha value is -1.14. The summed E-state index contributed by atoms with van der Waals surface area (Å²) in [4.78, 5) is 0. The Bertz CT molecular complexity index is 405. The largest absolute Gasteiger partial charge is 0.387 e. The van der Waals surface area contributed by atoms with E-state index in [0.717, 1.165) is 0 Å². The summed E-state index contributed by atoms with van der Waals surface area (Å²) >= 11 is 0. The van der Waals surface area contributed by atoms with Gasteiger partial charge in [0.2, 0.25) is 0 Å². The number of β-amino-alcohol motifs (C(OH)–C–C–N with tert-alkyl or cyclic N) is 1. The van der Waals surface area contributed by atoms with Crippen LogP contribution in [-0.4, -0.2) is 23.8 Å². The fourth-order valence-electron chi connectivity index (χ4n) is 1.65. The van der Waals surface area contributed by atoms with Gasteiger partial charge in [-0.25, -0.2) is 17.6 Å². The van der Waals surface area contributed by atoms with Crippen LogP contribution in [0.3, 0.4) is 0 Å². The highest BCUT2D eigenvalue weighted by Gasteiger charge is 2.37. The molecule has 0 bridgehead atoms. The van der Waals surface area contributed by atoms with Crippen molar-refractivity contribution in [3.05, 3.63) is 34.9 Å². The van der Waals surface area contributed by atoms with Gasteiger partial charge in [-0.05, 0) is 0 Å². The Morgan fingerprint density at radius 1 is 1.12 bits per heavy atom. The van der Waals surface area contributed by atoms with Gasteiger partial charge in [-0.3, -0.25) is 0 Å². The lowest BCUT2D eigenvalue weighted by Gasteiger charge is -2.37. The number of rotatable bonds is 2. The maximum atomic E-state index is 13.2. The summed E-state index contributed by atoms with van der Waals surface area (Å²) in [6.45, 7) is 0.286. The fraction of sp³-hybridized carbons (Fsp3) is 0.400. The molecule has 1 aliphatic rings. The van der Waals surface area contributed by atoms with Crippen molar-refractivity contribution in [2.45, 2.75) is 12.0 Å². The summed E-state index contributed by atoms with van der Waals surface area (Å²) in [5.74, 6) is -5.80. The van der Waals surface area contributed by atoms with Gasteiger partial charge in [0.05, 0.1) is 5.60 Å². The standard InChI is InChI=1S/C10H9F4NO/c11-6-1-7(12)9(14)5(8(6)13)2-10(16)3-15-4-10/h1,15-16H,2-4H2. The van der Waals surface area contributed by atoms with Crippen LogP contribution in [0.15, 0.2) is 6.07 Å². The molecule has 16 heavy (non-hydrogen) atoms. The molecule has 0 atom stereocenters. The molecule has 2 nitrogen and oxygen atoms in total. The maximum Gasteiger partial charge on any atom is 0.165 e. The zero-order valence-electron chi connectivity index (χ0n) is 8.16. The van der Waals surface area contributed by atoms with Gasteiger partial charge in [0, 0.05) is 31.1 Å². The molecule has 88 valence electrons. The van der Waals surface area contributed by atoms with Crippen molar-refractivity contribution in [2.24, 2.45) is 0 Å². The number of hydrogen-bond donors (Lipinski definition) is 2. The van der Waals surface area contributed by atoms with Crippen LogP contribution in [0.5, 0.6) is 0 Å². The van der Waals surface area contributed by atoms with Crippen LogP contribution in [0.1, 0.15) is 5.56 Å². The van der Waals surface area contributed by atoms with Crippen molar-refractivity contribution in [1.82, 2.24) is 5.32 Å². The molecule has 1 aliphatic heterocycles. The molecule has 0 aromatic heterocycles. The number of hydrogen-bond acceptors (Lipinski definition) is 2. The third-order valence-corrected chi connectivity index (χ3v) is 2.62. The SMILES string of the molecule is OC1(Cc2c(F)c(F)cc(F)c2F)CNC1. The van der Waals surface area contributed by atoms with E-state index >= 15 is 0 Å². The molecule has 6 heteroatoms. The molecule has 1 saturated heterocycles. The smallest absolute Gasteiger partial charge is 0.165 e. The highest BCUT2D eigenvalue weighted by molar-refractivity contribution is 5.25. The van der Waals surface area contributed by atoms with E-state index in [0.29, 0.717) is 0 Å². The topological polar surface area (TPSA) is 32.3 Å². The van der Waals surface area contributed by atoms with Crippen LogP contribution in [-0.2, 0) is 6.42 Å². The fourth-order valence-corrected chi connectivity index (χ4v) is 1.65. The molecule has 0 aliphatic carbocycles. The van der Waals surface area contributed by atoms with E-state index in [4.69, 9.17) is 0 Å². The van der Waals surface area contributed by atoms with Gasteiger partial charge < -0.3 is 10.4 Å². The normalized spacial score (nSPS) is 18.3. The first-order chi connectivity index (χ1) is 7.43. The second kappa shape index (κ2) is 3.71. The molecule has 1 heterocycles. The first-order valence-electron chi connectivity index (χ1n) is 4.68. The number of nitrogens with one attached hydrogen (secondary N) is 1. The molecule has 0 unspecified atom stereocenters. The lowest BCUT2D eigenvalue weighted by atomic mass is 9.88. The molecule has 0 saturated carbocycles. The molecule has 0 spiro atoms. The molecule has 2 rings (SSSR count). The minimum atomic E-state index is -1.45. The maximum absolute atomic E-state index is 13.2. The van der Waals surface area contributed by atoms with Crippen molar-refractivity contribution in [3.63, 3.8) is 0 Å². The molecule has 2 N–H and O–H groups in total. The van der Waals surface area contributed by atoms with Crippen LogP contribution < -0.4 is 5.32 Å². The monoisotopic (exact) mass is 235 g/mol. The van der Waals surface area contributed by atoms with E-state index in [-0.39, 0.29) is 19.2 Å². The van der Waals surface area contributed by atoms with E-state index in [1.165, 1.54) is 0 Å². The third-order valence-electron chi connectivity index (χ3n) is 2.62. The predicted molar refractivity (Wildman–Crippen MR) is 47.8 cm³/mol. The van der Waals surface area contributed by atoms with Gasteiger partial charge in [0.15, 0.2) is 23.3 Å². The van der Waals surface area contributed by atoms with Gasteiger partial charge in [-0.2, -0.15) is 0 Å². The molecule has 1 fully saturated rings. The van der Waals surface area contributed by atoms with Crippen molar-refractivity contribution < 1.29 is 22.7 Å².